The summed E-state index contributed by atoms with van der Waals surface area (Å²) in [6.45, 7) is 0.736. The van der Waals surface area contributed by atoms with Crippen LogP contribution < -0.4 is 11.1 Å². The third kappa shape index (κ3) is 2.03. The third-order valence-electron chi connectivity index (χ3n) is 1.52. The van der Waals surface area contributed by atoms with Gasteiger partial charge in [-0.2, -0.15) is 0 Å². The van der Waals surface area contributed by atoms with Crippen molar-refractivity contribution in [2.24, 2.45) is 0 Å². The normalized spacial score (nSPS) is 10.2. The van der Waals surface area contributed by atoms with Gasteiger partial charge in [0.2, 0.25) is 0 Å². The summed E-state index contributed by atoms with van der Waals surface area (Å²) >= 11 is 11.6. The maximum atomic E-state index is 5.82. The van der Waals surface area contributed by atoms with Crippen molar-refractivity contribution in [1.82, 2.24) is 5.32 Å². The van der Waals surface area contributed by atoms with E-state index in [2.05, 4.69) is 5.32 Å². The van der Waals surface area contributed by atoms with Crippen LogP contribution in [0.15, 0.2) is 12.1 Å². The van der Waals surface area contributed by atoms with Gasteiger partial charge in [-0.05, 0) is 24.7 Å². The van der Waals surface area contributed by atoms with Crippen LogP contribution in [0.2, 0.25) is 10.0 Å². The Hall–Kier alpha value is -0.440. The molecule has 0 amide bonds. The fraction of sp³-hybridized carbons (Fsp3) is 0.250. The average Bonchev–Trinajstić information content (AvgIpc) is 2.01. The second kappa shape index (κ2) is 3.99. The predicted octanol–water partition coefficient (Wildman–Crippen LogP) is 2.29. The van der Waals surface area contributed by atoms with Crippen molar-refractivity contribution in [3.05, 3.63) is 27.7 Å². The highest BCUT2D eigenvalue weighted by atomic mass is 35.5. The highest BCUT2D eigenvalue weighted by Crippen LogP contribution is 2.28. The Labute approximate surface area is 81.7 Å². The molecular formula is C8H10Cl2N2. The van der Waals surface area contributed by atoms with Crippen LogP contribution in [0.4, 0.5) is 5.69 Å². The Morgan fingerprint density at radius 1 is 1.33 bits per heavy atom. The Morgan fingerprint density at radius 3 is 2.25 bits per heavy atom. The van der Waals surface area contributed by atoms with Gasteiger partial charge in [-0.25, -0.2) is 0 Å². The number of hydrogen-bond acceptors (Lipinski definition) is 2. The zero-order valence-electron chi connectivity index (χ0n) is 6.70. The molecule has 0 unspecified atom stereocenters. The number of nitrogens with one attached hydrogen (secondary N) is 1. The number of hydrogen-bond donors (Lipinski definition) is 2. The molecule has 0 aliphatic heterocycles. The summed E-state index contributed by atoms with van der Waals surface area (Å²) in [6, 6.07) is 3.61. The lowest BCUT2D eigenvalue weighted by Gasteiger charge is -2.05. The quantitative estimate of drug-likeness (QED) is 0.727. The fourth-order valence-corrected chi connectivity index (χ4v) is 1.48. The predicted molar refractivity (Wildman–Crippen MR) is 53.6 cm³/mol. The zero-order chi connectivity index (χ0) is 9.14. The molecular weight excluding hydrogens is 195 g/mol. The third-order valence-corrected chi connectivity index (χ3v) is 2.15. The smallest absolute Gasteiger partial charge is 0.0693 e. The van der Waals surface area contributed by atoms with E-state index in [4.69, 9.17) is 28.9 Å². The number of nitrogens with two attached hydrogens (primary N) is 1. The highest BCUT2D eigenvalue weighted by molar-refractivity contribution is 6.38. The largest absolute Gasteiger partial charge is 0.396 e. The van der Waals surface area contributed by atoms with Crippen LogP contribution in [0.3, 0.4) is 0 Å². The Kier molecular flexibility index (Phi) is 3.20. The lowest BCUT2D eigenvalue weighted by atomic mass is 10.2. The molecule has 0 saturated carbocycles. The van der Waals surface area contributed by atoms with Crippen LogP contribution in [0, 0.1) is 0 Å². The van der Waals surface area contributed by atoms with Crippen molar-refractivity contribution >= 4 is 28.9 Å². The molecule has 0 fully saturated rings. The molecule has 0 atom stereocenters. The van der Waals surface area contributed by atoms with Crippen molar-refractivity contribution in [3.63, 3.8) is 0 Å². The van der Waals surface area contributed by atoms with Gasteiger partial charge in [0.1, 0.15) is 0 Å². The molecule has 0 aliphatic carbocycles. The second-order valence-corrected chi connectivity index (χ2v) is 3.32. The molecule has 0 radical (unpaired) electrons. The molecule has 0 saturated heterocycles. The maximum Gasteiger partial charge on any atom is 0.0693 e. The van der Waals surface area contributed by atoms with Gasteiger partial charge < -0.3 is 11.1 Å². The van der Waals surface area contributed by atoms with Gasteiger partial charge in [0, 0.05) is 6.54 Å². The second-order valence-electron chi connectivity index (χ2n) is 2.50. The van der Waals surface area contributed by atoms with Gasteiger partial charge in [-0.1, -0.05) is 23.2 Å². The maximum absolute atomic E-state index is 5.82. The van der Waals surface area contributed by atoms with Crippen molar-refractivity contribution in [3.8, 4) is 0 Å². The number of benzene rings is 1. The van der Waals surface area contributed by atoms with E-state index in [1.54, 1.807) is 12.1 Å². The van der Waals surface area contributed by atoms with Crippen molar-refractivity contribution in [1.29, 1.82) is 0 Å². The molecule has 0 spiro atoms. The van der Waals surface area contributed by atoms with Gasteiger partial charge in [-0.15, -0.1) is 0 Å². The first-order chi connectivity index (χ1) is 5.65. The van der Waals surface area contributed by atoms with Crippen LogP contribution in [0.25, 0.3) is 0 Å². The number of anilines is 1. The minimum absolute atomic E-state index is 0.443. The molecule has 1 aromatic carbocycles. The van der Waals surface area contributed by atoms with E-state index in [1.807, 2.05) is 7.05 Å². The van der Waals surface area contributed by atoms with Crippen LogP contribution in [0.1, 0.15) is 5.56 Å². The van der Waals surface area contributed by atoms with E-state index in [0.717, 1.165) is 12.1 Å². The number of rotatable bonds is 2. The van der Waals surface area contributed by atoms with Gasteiger partial charge in [0.25, 0.3) is 0 Å². The molecule has 12 heavy (non-hydrogen) atoms. The van der Waals surface area contributed by atoms with E-state index in [0.29, 0.717) is 15.7 Å². The molecule has 0 bridgehead atoms. The molecule has 1 rings (SSSR count). The lowest BCUT2D eigenvalue weighted by molar-refractivity contribution is 0.818. The Balaban J connectivity index is 3.04. The summed E-state index contributed by atoms with van der Waals surface area (Å²) in [5, 5.41) is 4.01. The van der Waals surface area contributed by atoms with E-state index in [1.165, 1.54) is 0 Å². The van der Waals surface area contributed by atoms with Crippen molar-refractivity contribution in [2.45, 2.75) is 6.54 Å². The van der Waals surface area contributed by atoms with E-state index in [9.17, 15) is 0 Å². The minimum Gasteiger partial charge on any atom is -0.396 e. The summed E-state index contributed by atoms with van der Waals surface area (Å²) in [5.41, 5.74) is 7.03. The fourth-order valence-electron chi connectivity index (χ4n) is 0.943. The van der Waals surface area contributed by atoms with Crippen LogP contribution >= 0.6 is 23.2 Å². The summed E-state index contributed by atoms with van der Waals surface area (Å²) in [5.74, 6) is 0. The topological polar surface area (TPSA) is 38.0 Å². The van der Waals surface area contributed by atoms with Gasteiger partial charge in [0.05, 0.1) is 15.7 Å². The number of nitrogen functional groups attached to an aromatic ring is 1. The first-order valence-corrected chi connectivity index (χ1v) is 4.28. The van der Waals surface area contributed by atoms with Crippen LogP contribution in [-0.2, 0) is 6.54 Å². The first kappa shape index (κ1) is 9.65. The molecule has 0 aliphatic rings. The van der Waals surface area contributed by atoms with Crippen molar-refractivity contribution < 1.29 is 0 Å². The average molecular weight is 205 g/mol. The SMILES string of the molecule is CNCc1cc(Cl)c(N)c(Cl)c1. The van der Waals surface area contributed by atoms with E-state index < -0.39 is 0 Å². The zero-order valence-corrected chi connectivity index (χ0v) is 8.21. The van der Waals surface area contributed by atoms with E-state index in [-0.39, 0.29) is 0 Å². The van der Waals surface area contributed by atoms with Crippen LogP contribution in [-0.4, -0.2) is 7.05 Å². The van der Waals surface area contributed by atoms with Crippen LogP contribution in [0.5, 0.6) is 0 Å². The van der Waals surface area contributed by atoms with E-state index >= 15 is 0 Å². The summed E-state index contributed by atoms with van der Waals surface area (Å²) in [7, 11) is 1.86. The molecule has 66 valence electrons. The molecule has 3 N–H and O–H groups in total. The van der Waals surface area contributed by atoms with Gasteiger partial charge in [-0.3, -0.25) is 0 Å². The van der Waals surface area contributed by atoms with Gasteiger partial charge in [0.15, 0.2) is 0 Å². The van der Waals surface area contributed by atoms with Crippen molar-refractivity contribution in [2.75, 3.05) is 12.8 Å². The summed E-state index contributed by atoms with van der Waals surface area (Å²) in [4.78, 5) is 0. The Morgan fingerprint density at radius 2 is 1.83 bits per heavy atom. The molecule has 0 aromatic heterocycles. The molecule has 2 nitrogen and oxygen atoms in total. The summed E-state index contributed by atoms with van der Waals surface area (Å²) < 4.78 is 0. The summed E-state index contributed by atoms with van der Waals surface area (Å²) in [6.07, 6.45) is 0. The number of halogens is 2. The highest BCUT2D eigenvalue weighted by Gasteiger charge is 2.03. The molecule has 4 heteroatoms. The molecule has 1 aromatic rings. The first-order valence-electron chi connectivity index (χ1n) is 3.53. The lowest BCUT2D eigenvalue weighted by Crippen LogP contribution is -2.05. The molecule has 0 heterocycles. The minimum atomic E-state index is 0.443. The Bertz CT molecular complexity index is 263. The standard InChI is InChI=1S/C8H10Cl2N2/c1-12-4-5-2-6(9)8(11)7(10)3-5/h2-3,12H,4,11H2,1H3. The monoisotopic (exact) mass is 204 g/mol. The van der Waals surface area contributed by atoms with Gasteiger partial charge >= 0.3 is 0 Å².